The topological polar surface area (TPSA) is 175 Å². The van der Waals surface area contributed by atoms with Gasteiger partial charge in [0, 0.05) is 17.8 Å². The van der Waals surface area contributed by atoms with Crippen molar-refractivity contribution in [1.82, 2.24) is 0 Å². The summed E-state index contributed by atoms with van der Waals surface area (Å²) >= 11 is 0. The highest BCUT2D eigenvalue weighted by Crippen LogP contribution is 2.71. The predicted molar refractivity (Wildman–Crippen MR) is 144 cm³/mol. The fourth-order valence-corrected chi connectivity index (χ4v) is 9.47. The maximum atomic E-state index is 14.2. The Morgan fingerprint density at radius 2 is 1.75 bits per heavy atom. The molecule has 1 aromatic rings. The second kappa shape index (κ2) is 9.19. The molecule has 9 nitrogen and oxygen atoms in total. The number of phenolic OH excluding ortho intramolecular Hbond substituents is 1. The molecule has 0 heterocycles. The molecule has 218 valence electrons. The largest absolute Gasteiger partial charge is 0.507 e. The maximum absolute atomic E-state index is 14.2. The van der Waals surface area contributed by atoms with Crippen LogP contribution in [0.1, 0.15) is 82.1 Å². The van der Waals surface area contributed by atoms with Crippen LogP contribution in [0.3, 0.4) is 0 Å². The van der Waals surface area contributed by atoms with E-state index in [1.807, 2.05) is 13.8 Å². The van der Waals surface area contributed by atoms with Crippen molar-refractivity contribution in [1.29, 1.82) is 0 Å². The number of fused-ring (bicyclic) bond motifs is 3. The number of primary amides is 1. The summed E-state index contributed by atoms with van der Waals surface area (Å²) in [4.78, 5) is 54.6. The van der Waals surface area contributed by atoms with Gasteiger partial charge in [0.05, 0.1) is 17.6 Å². The van der Waals surface area contributed by atoms with Gasteiger partial charge in [0.15, 0.2) is 17.2 Å². The lowest BCUT2D eigenvalue weighted by Crippen LogP contribution is -2.82. The van der Waals surface area contributed by atoms with Gasteiger partial charge in [-0.15, -0.1) is 0 Å². The number of amides is 1. The molecule has 2 unspecified atom stereocenters. The van der Waals surface area contributed by atoms with Crippen molar-refractivity contribution < 1.29 is 39.6 Å². The number of hydrogen-bond donors (Lipinski definition) is 5. The van der Waals surface area contributed by atoms with Crippen molar-refractivity contribution in [3.05, 3.63) is 29.3 Å². The van der Waals surface area contributed by atoms with Crippen LogP contribution in [0.4, 0.5) is 0 Å². The number of ketones is 3. The molecule has 6 N–H and O–H groups in total. The zero-order chi connectivity index (χ0) is 29.7. The highest BCUT2D eigenvalue weighted by Gasteiger charge is 2.80. The monoisotopic (exact) mass is 555 g/mol. The number of aliphatic hydroxyl groups is 3. The molecule has 3 fully saturated rings. The Hall–Kier alpha value is -2.62. The highest BCUT2D eigenvalue weighted by molar-refractivity contribution is 6.09. The Bertz CT molecular complexity index is 1290. The van der Waals surface area contributed by atoms with E-state index in [-0.39, 0.29) is 29.4 Å². The van der Waals surface area contributed by atoms with E-state index in [1.165, 1.54) is 6.07 Å². The third-order valence-electron chi connectivity index (χ3n) is 11.8. The van der Waals surface area contributed by atoms with Crippen molar-refractivity contribution in [3.8, 4) is 5.75 Å². The lowest BCUT2D eigenvalue weighted by molar-refractivity contribution is -0.292. The minimum atomic E-state index is -2.67. The lowest BCUT2D eigenvalue weighted by atomic mass is 9.33. The number of nitrogens with two attached hydrogens (primary N) is 1. The molecule has 1 amide bonds. The number of rotatable bonds is 5. The van der Waals surface area contributed by atoms with E-state index < -0.39 is 81.6 Å². The fraction of sp³-hybridized carbons (Fsp3) is 0.677. The Kier molecular flexibility index (Phi) is 6.64. The van der Waals surface area contributed by atoms with Crippen molar-refractivity contribution in [2.75, 3.05) is 0 Å². The van der Waals surface area contributed by atoms with Crippen LogP contribution in [0.25, 0.3) is 0 Å². The normalized spacial score (nSPS) is 43.0. The standard InChI is InChI=1S/C31H41NO8/c1-13(2)22-25(36)21(28(32)39)26(37)31(40)27(38)23-24(35)20-16(10-7-11-17(20)33)14(3)29(23,4)19(30(22,31)5)12-18(34)15-8-6-9-15/h7,10-11,13-15,19,21-23,25,27,33,36,38,40H,6,8-9,12H2,1-5H3,(H2,32,39)/t14-,19-,21-,22+,23-,25?,27?,29-,30-,31+/m1/s1. The van der Waals surface area contributed by atoms with E-state index in [1.54, 1.807) is 32.9 Å². The molecule has 10 atom stereocenters. The van der Waals surface area contributed by atoms with E-state index in [2.05, 4.69) is 0 Å². The van der Waals surface area contributed by atoms with Gasteiger partial charge in [-0.25, -0.2) is 0 Å². The average Bonchev–Trinajstić information content (AvgIpc) is 2.82. The quantitative estimate of drug-likeness (QED) is 0.343. The Balaban J connectivity index is 1.84. The first-order valence-corrected chi connectivity index (χ1v) is 14.4. The summed E-state index contributed by atoms with van der Waals surface area (Å²) in [6, 6.07) is 4.75. The molecule has 4 aliphatic carbocycles. The van der Waals surface area contributed by atoms with E-state index in [9.17, 15) is 39.6 Å². The number of phenols is 1. The number of benzene rings is 1. The molecule has 0 radical (unpaired) electrons. The zero-order valence-electron chi connectivity index (χ0n) is 23.8. The van der Waals surface area contributed by atoms with E-state index in [4.69, 9.17) is 5.73 Å². The first-order valence-electron chi connectivity index (χ1n) is 14.4. The molecule has 0 saturated heterocycles. The second-order valence-corrected chi connectivity index (χ2v) is 13.5. The van der Waals surface area contributed by atoms with Gasteiger partial charge in [0.2, 0.25) is 5.91 Å². The molecule has 9 heteroatoms. The van der Waals surface area contributed by atoms with Gasteiger partial charge in [-0.05, 0) is 53.6 Å². The van der Waals surface area contributed by atoms with Gasteiger partial charge in [-0.3, -0.25) is 19.2 Å². The van der Waals surface area contributed by atoms with Gasteiger partial charge < -0.3 is 26.2 Å². The van der Waals surface area contributed by atoms with Crippen LogP contribution in [-0.2, 0) is 14.4 Å². The minimum Gasteiger partial charge on any atom is -0.507 e. The van der Waals surface area contributed by atoms with Gasteiger partial charge in [-0.2, -0.15) is 0 Å². The first-order chi connectivity index (χ1) is 18.6. The van der Waals surface area contributed by atoms with Crippen LogP contribution >= 0.6 is 0 Å². The van der Waals surface area contributed by atoms with Crippen molar-refractivity contribution in [3.63, 3.8) is 0 Å². The predicted octanol–water partition coefficient (Wildman–Crippen LogP) is 2.12. The van der Waals surface area contributed by atoms with Gasteiger partial charge in [0.1, 0.15) is 23.6 Å². The van der Waals surface area contributed by atoms with E-state index >= 15 is 0 Å². The van der Waals surface area contributed by atoms with Crippen LogP contribution in [0.2, 0.25) is 0 Å². The number of carbonyl (C=O) groups excluding carboxylic acids is 4. The Morgan fingerprint density at radius 3 is 2.27 bits per heavy atom. The van der Waals surface area contributed by atoms with Crippen molar-refractivity contribution in [2.45, 2.75) is 84.0 Å². The van der Waals surface area contributed by atoms with Gasteiger partial charge >= 0.3 is 0 Å². The molecule has 4 aliphatic rings. The summed E-state index contributed by atoms with van der Waals surface area (Å²) in [6.45, 7) is 8.89. The molecule has 0 bridgehead atoms. The van der Waals surface area contributed by atoms with Crippen LogP contribution < -0.4 is 5.73 Å². The summed E-state index contributed by atoms with van der Waals surface area (Å²) in [6.07, 6.45) is -1.22. The number of aliphatic hydroxyl groups excluding tert-OH is 2. The van der Waals surface area contributed by atoms with E-state index in [0.717, 1.165) is 19.3 Å². The molecule has 0 aliphatic heterocycles. The molecular weight excluding hydrogens is 514 g/mol. The van der Waals surface area contributed by atoms with Gasteiger partial charge in [0.25, 0.3) is 0 Å². The molecule has 0 spiro atoms. The third kappa shape index (κ3) is 3.31. The first kappa shape index (κ1) is 28.9. The zero-order valence-corrected chi connectivity index (χ0v) is 23.8. The number of hydrogen-bond acceptors (Lipinski definition) is 8. The minimum absolute atomic E-state index is 0.0166. The molecule has 5 rings (SSSR count). The van der Waals surface area contributed by atoms with Gasteiger partial charge in [-0.1, -0.05) is 53.2 Å². The SMILES string of the molecule is CC(C)[C@H]1C(O)[C@@H](C(N)=O)C(=O)[C@]2(O)C(O)[C@H]3C(=O)c4c(O)cccc4[C@@H](C)[C@]3(C)[C@@H](CC(=O)C3CCC3)[C@]12C. The summed E-state index contributed by atoms with van der Waals surface area (Å²) in [7, 11) is 0. The van der Waals surface area contributed by atoms with Crippen molar-refractivity contribution >= 4 is 23.3 Å². The molecule has 40 heavy (non-hydrogen) atoms. The summed E-state index contributed by atoms with van der Waals surface area (Å²) in [5.41, 5.74) is 0.710. The van der Waals surface area contributed by atoms with Crippen LogP contribution in [-0.4, -0.2) is 61.5 Å². The molecule has 0 aromatic heterocycles. The average molecular weight is 556 g/mol. The number of Topliss-reactive ketones (excluding diaryl/α,β-unsaturated/α-hetero) is 3. The van der Waals surface area contributed by atoms with Crippen molar-refractivity contribution in [2.24, 2.45) is 52.1 Å². The summed E-state index contributed by atoms with van der Waals surface area (Å²) in [5, 5.41) is 46.9. The molecule has 3 saturated carbocycles. The summed E-state index contributed by atoms with van der Waals surface area (Å²) < 4.78 is 0. The second-order valence-electron chi connectivity index (χ2n) is 13.5. The van der Waals surface area contributed by atoms with Crippen LogP contribution in [0, 0.1) is 46.3 Å². The Labute approximate surface area is 234 Å². The van der Waals surface area contributed by atoms with Crippen LogP contribution in [0.5, 0.6) is 5.75 Å². The summed E-state index contributed by atoms with van der Waals surface area (Å²) in [5.74, 6) is -9.21. The van der Waals surface area contributed by atoms with E-state index in [0.29, 0.717) is 5.56 Å². The molecule has 1 aromatic carbocycles. The highest BCUT2D eigenvalue weighted by atomic mass is 16.4. The number of carbonyl (C=O) groups is 4. The smallest absolute Gasteiger partial charge is 0.230 e. The lowest BCUT2D eigenvalue weighted by Gasteiger charge is -2.71. The fourth-order valence-electron chi connectivity index (χ4n) is 9.47. The third-order valence-corrected chi connectivity index (χ3v) is 11.8. The maximum Gasteiger partial charge on any atom is 0.230 e. The van der Waals surface area contributed by atoms with Crippen LogP contribution in [0.15, 0.2) is 18.2 Å². The number of aromatic hydroxyl groups is 1. The Morgan fingerprint density at radius 1 is 1.12 bits per heavy atom. The molecular formula is C31H41NO8.